The number of nitrogens with zero attached hydrogens (tertiary/aromatic N) is 2. The SMILES string of the molecule is C[C@H](CCOc1cccnc1)N(C)C. The molecule has 3 heteroatoms. The number of ether oxygens (including phenoxy) is 1. The van der Waals surface area contributed by atoms with E-state index in [1.54, 1.807) is 12.4 Å². The fourth-order valence-corrected chi connectivity index (χ4v) is 1.04. The summed E-state index contributed by atoms with van der Waals surface area (Å²) in [5, 5.41) is 0. The summed E-state index contributed by atoms with van der Waals surface area (Å²) in [4.78, 5) is 6.17. The smallest absolute Gasteiger partial charge is 0.137 e. The van der Waals surface area contributed by atoms with Crippen LogP contribution in [0.4, 0.5) is 0 Å². The molecule has 0 saturated carbocycles. The molecular weight excluding hydrogens is 176 g/mol. The van der Waals surface area contributed by atoms with Gasteiger partial charge in [0.25, 0.3) is 0 Å². The molecule has 0 radical (unpaired) electrons. The summed E-state index contributed by atoms with van der Waals surface area (Å²) in [7, 11) is 4.16. The zero-order valence-electron chi connectivity index (χ0n) is 9.10. The Bertz CT molecular complexity index is 249. The molecule has 0 aromatic carbocycles. The third-order valence-electron chi connectivity index (χ3n) is 2.32. The minimum Gasteiger partial charge on any atom is -0.492 e. The van der Waals surface area contributed by atoms with Gasteiger partial charge in [0.15, 0.2) is 0 Å². The average molecular weight is 194 g/mol. The van der Waals surface area contributed by atoms with E-state index in [2.05, 4.69) is 30.9 Å². The van der Waals surface area contributed by atoms with Crippen LogP contribution in [0.2, 0.25) is 0 Å². The molecule has 1 aromatic heterocycles. The van der Waals surface area contributed by atoms with E-state index in [-0.39, 0.29) is 0 Å². The van der Waals surface area contributed by atoms with E-state index in [0.29, 0.717) is 6.04 Å². The quantitative estimate of drug-likeness (QED) is 0.714. The fourth-order valence-electron chi connectivity index (χ4n) is 1.04. The molecule has 1 heterocycles. The molecule has 0 aliphatic rings. The molecule has 0 aliphatic heterocycles. The molecule has 3 nitrogen and oxygen atoms in total. The highest BCUT2D eigenvalue weighted by atomic mass is 16.5. The summed E-state index contributed by atoms with van der Waals surface area (Å²) in [5.41, 5.74) is 0. The molecule has 0 aliphatic carbocycles. The number of hydrogen-bond acceptors (Lipinski definition) is 3. The summed E-state index contributed by atoms with van der Waals surface area (Å²) in [6.45, 7) is 2.93. The average Bonchev–Trinajstić information content (AvgIpc) is 2.19. The maximum absolute atomic E-state index is 5.54. The Morgan fingerprint density at radius 3 is 2.86 bits per heavy atom. The normalized spacial score (nSPS) is 12.9. The lowest BCUT2D eigenvalue weighted by Gasteiger charge is -2.19. The lowest BCUT2D eigenvalue weighted by Crippen LogP contribution is -2.26. The van der Waals surface area contributed by atoms with E-state index in [1.807, 2.05) is 12.1 Å². The van der Waals surface area contributed by atoms with Gasteiger partial charge in [0.05, 0.1) is 12.8 Å². The number of rotatable bonds is 5. The van der Waals surface area contributed by atoms with Crippen LogP contribution in [0, 0.1) is 0 Å². The van der Waals surface area contributed by atoms with E-state index in [9.17, 15) is 0 Å². The summed E-state index contributed by atoms with van der Waals surface area (Å²) in [6.07, 6.45) is 4.51. The van der Waals surface area contributed by atoms with Crippen LogP contribution in [0.25, 0.3) is 0 Å². The van der Waals surface area contributed by atoms with Crippen LogP contribution in [0.15, 0.2) is 24.5 Å². The van der Waals surface area contributed by atoms with E-state index in [4.69, 9.17) is 4.74 Å². The second kappa shape index (κ2) is 5.60. The Hall–Kier alpha value is -1.09. The predicted molar refractivity (Wildman–Crippen MR) is 57.5 cm³/mol. The van der Waals surface area contributed by atoms with Gasteiger partial charge >= 0.3 is 0 Å². The lowest BCUT2D eigenvalue weighted by atomic mass is 10.2. The molecule has 0 N–H and O–H groups in total. The Morgan fingerprint density at radius 1 is 1.50 bits per heavy atom. The topological polar surface area (TPSA) is 25.4 Å². The van der Waals surface area contributed by atoms with Crippen LogP contribution >= 0.6 is 0 Å². The summed E-state index contributed by atoms with van der Waals surface area (Å²) < 4.78 is 5.54. The van der Waals surface area contributed by atoms with Gasteiger partial charge in [-0.3, -0.25) is 4.98 Å². The molecule has 0 unspecified atom stereocenters. The van der Waals surface area contributed by atoms with Crippen molar-refractivity contribution in [3.05, 3.63) is 24.5 Å². The minimum absolute atomic E-state index is 0.548. The highest BCUT2D eigenvalue weighted by Crippen LogP contribution is 2.07. The second-order valence-corrected chi connectivity index (χ2v) is 3.64. The largest absolute Gasteiger partial charge is 0.492 e. The molecule has 0 bridgehead atoms. The first-order valence-corrected chi connectivity index (χ1v) is 4.89. The van der Waals surface area contributed by atoms with Crippen LogP contribution in [-0.4, -0.2) is 36.6 Å². The molecule has 14 heavy (non-hydrogen) atoms. The van der Waals surface area contributed by atoms with Crippen molar-refractivity contribution in [1.29, 1.82) is 0 Å². The molecule has 1 rings (SSSR count). The first-order valence-electron chi connectivity index (χ1n) is 4.89. The standard InChI is InChI=1S/C11H18N2O/c1-10(13(2)3)6-8-14-11-5-4-7-12-9-11/h4-5,7,9-10H,6,8H2,1-3H3/t10-/m1/s1. The van der Waals surface area contributed by atoms with E-state index >= 15 is 0 Å². The molecule has 0 amide bonds. The van der Waals surface area contributed by atoms with E-state index < -0.39 is 0 Å². The Morgan fingerprint density at radius 2 is 2.29 bits per heavy atom. The maximum atomic E-state index is 5.54. The molecule has 1 atom stereocenters. The van der Waals surface area contributed by atoms with Gasteiger partial charge in [-0.15, -0.1) is 0 Å². The summed E-state index contributed by atoms with van der Waals surface area (Å²) in [5.74, 6) is 0.846. The number of aromatic nitrogens is 1. The van der Waals surface area contributed by atoms with Crippen molar-refractivity contribution >= 4 is 0 Å². The molecule has 0 spiro atoms. The van der Waals surface area contributed by atoms with Gasteiger partial charge in [-0.05, 0) is 39.6 Å². The van der Waals surface area contributed by atoms with Crippen molar-refractivity contribution in [3.8, 4) is 5.75 Å². The molecule has 0 fully saturated rings. The van der Waals surface area contributed by atoms with Gasteiger partial charge in [-0.2, -0.15) is 0 Å². The van der Waals surface area contributed by atoms with Crippen LogP contribution in [0.1, 0.15) is 13.3 Å². The number of hydrogen-bond donors (Lipinski definition) is 0. The third-order valence-corrected chi connectivity index (χ3v) is 2.32. The van der Waals surface area contributed by atoms with E-state index in [0.717, 1.165) is 18.8 Å². The second-order valence-electron chi connectivity index (χ2n) is 3.64. The summed E-state index contributed by atoms with van der Waals surface area (Å²) >= 11 is 0. The van der Waals surface area contributed by atoms with Gasteiger partial charge in [0.1, 0.15) is 5.75 Å². The summed E-state index contributed by atoms with van der Waals surface area (Å²) in [6, 6.07) is 4.35. The van der Waals surface area contributed by atoms with Crippen molar-refractivity contribution in [2.45, 2.75) is 19.4 Å². The predicted octanol–water partition coefficient (Wildman–Crippen LogP) is 1.80. The van der Waals surface area contributed by atoms with Crippen molar-refractivity contribution in [2.24, 2.45) is 0 Å². The highest BCUT2D eigenvalue weighted by molar-refractivity contribution is 5.15. The van der Waals surface area contributed by atoms with Gasteiger partial charge in [-0.1, -0.05) is 0 Å². The fraction of sp³-hybridized carbons (Fsp3) is 0.545. The van der Waals surface area contributed by atoms with Gasteiger partial charge in [0.2, 0.25) is 0 Å². The van der Waals surface area contributed by atoms with Crippen molar-refractivity contribution in [2.75, 3.05) is 20.7 Å². The maximum Gasteiger partial charge on any atom is 0.137 e. The molecule has 78 valence electrons. The number of pyridine rings is 1. The van der Waals surface area contributed by atoms with Crippen LogP contribution in [0.3, 0.4) is 0 Å². The van der Waals surface area contributed by atoms with Crippen molar-refractivity contribution in [1.82, 2.24) is 9.88 Å². The monoisotopic (exact) mass is 194 g/mol. The van der Waals surface area contributed by atoms with E-state index in [1.165, 1.54) is 0 Å². The van der Waals surface area contributed by atoms with Crippen molar-refractivity contribution < 1.29 is 4.74 Å². The van der Waals surface area contributed by atoms with Gasteiger partial charge < -0.3 is 9.64 Å². The van der Waals surface area contributed by atoms with Gasteiger partial charge in [-0.25, -0.2) is 0 Å². The lowest BCUT2D eigenvalue weighted by molar-refractivity contribution is 0.233. The van der Waals surface area contributed by atoms with Crippen LogP contribution < -0.4 is 4.74 Å². The van der Waals surface area contributed by atoms with Crippen LogP contribution in [0.5, 0.6) is 5.75 Å². The third kappa shape index (κ3) is 3.75. The molecule has 1 aromatic rings. The Kier molecular flexibility index (Phi) is 4.40. The highest BCUT2D eigenvalue weighted by Gasteiger charge is 2.03. The minimum atomic E-state index is 0.548. The first kappa shape index (κ1) is 11.0. The Labute approximate surface area is 85.7 Å². The molecule has 0 saturated heterocycles. The van der Waals surface area contributed by atoms with Crippen molar-refractivity contribution in [3.63, 3.8) is 0 Å². The first-order chi connectivity index (χ1) is 6.70. The van der Waals surface area contributed by atoms with Gasteiger partial charge in [0, 0.05) is 12.2 Å². The zero-order chi connectivity index (χ0) is 10.4. The Balaban J connectivity index is 2.22. The zero-order valence-corrected chi connectivity index (χ0v) is 9.10. The van der Waals surface area contributed by atoms with Crippen LogP contribution in [-0.2, 0) is 0 Å². The molecular formula is C11H18N2O.